The van der Waals surface area contributed by atoms with Crippen LogP contribution in [0.5, 0.6) is 0 Å². The number of rotatable bonds is 5. The summed E-state index contributed by atoms with van der Waals surface area (Å²) in [4.78, 5) is 19.8. The van der Waals surface area contributed by atoms with Crippen molar-refractivity contribution < 1.29 is 19.6 Å². The van der Waals surface area contributed by atoms with Gasteiger partial charge in [0.1, 0.15) is 6.61 Å². The van der Waals surface area contributed by atoms with Gasteiger partial charge in [-0.15, -0.1) is 0 Å². The monoisotopic (exact) mass is 182 g/mol. The molecular formula is C9H10O4. The van der Waals surface area contributed by atoms with E-state index in [0.29, 0.717) is 5.56 Å². The lowest BCUT2D eigenvalue weighted by molar-refractivity contribution is -0.497. The molecule has 0 spiro atoms. The van der Waals surface area contributed by atoms with E-state index < -0.39 is 0 Å². The molecule has 0 radical (unpaired) electrons. The molecule has 0 aliphatic carbocycles. The van der Waals surface area contributed by atoms with Crippen molar-refractivity contribution in [2.45, 2.75) is 0 Å². The van der Waals surface area contributed by atoms with Gasteiger partial charge in [-0.1, -0.05) is 35.4 Å². The maximum atomic E-state index is 11.3. The minimum atomic E-state index is -0.155. The van der Waals surface area contributed by atoms with E-state index in [4.69, 9.17) is 0 Å². The van der Waals surface area contributed by atoms with Crippen LogP contribution in [-0.2, 0) is 14.8 Å². The van der Waals surface area contributed by atoms with E-state index in [0.717, 1.165) is 0 Å². The second-order valence-electron chi connectivity index (χ2n) is 2.29. The molecule has 0 atom stereocenters. The molecule has 0 bridgehead atoms. The lowest BCUT2D eigenvalue weighted by Crippen LogP contribution is -2.08. The SMILES string of the molecule is COOOCC(=O)c1ccccc1. The van der Waals surface area contributed by atoms with E-state index in [9.17, 15) is 4.79 Å². The van der Waals surface area contributed by atoms with Crippen molar-refractivity contribution in [1.82, 2.24) is 0 Å². The third-order valence-corrected chi connectivity index (χ3v) is 1.40. The van der Waals surface area contributed by atoms with Crippen molar-refractivity contribution in [1.29, 1.82) is 0 Å². The van der Waals surface area contributed by atoms with Gasteiger partial charge in [-0.05, 0) is 0 Å². The summed E-state index contributed by atoms with van der Waals surface area (Å²) in [6.07, 6.45) is 0. The van der Waals surface area contributed by atoms with Crippen LogP contribution in [0.25, 0.3) is 0 Å². The Kier molecular flexibility index (Phi) is 4.11. The Hall–Kier alpha value is -1.23. The van der Waals surface area contributed by atoms with Crippen LogP contribution in [0.15, 0.2) is 30.3 Å². The molecule has 0 unspecified atom stereocenters. The molecule has 0 fully saturated rings. The van der Waals surface area contributed by atoms with Crippen LogP contribution < -0.4 is 0 Å². The zero-order valence-corrected chi connectivity index (χ0v) is 7.23. The zero-order chi connectivity index (χ0) is 9.52. The summed E-state index contributed by atoms with van der Waals surface area (Å²) in [5, 5.41) is 4.10. The lowest BCUT2D eigenvalue weighted by atomic mass is 10.1. The molecule has 0 saturated carbocycles. The molecule has 1 aromatic rings. The summed E-state index contributed by atoms with van der Waals surface area (Å²) >= 11 is 0. The van der Waals surface area contributed by atoms with Gasteiger partial charge in [0.2, 0.25) is 0 Å². The maximum Gasteiger partial charge on any atom is 0.191 e. The smallest absolute Gasteiger partial charge is 0.191 e. The molecule has 1 rings (SSSR count). The third kappa shape index (κ3) is 3.33. The minimum Gasteiger partial charge on any atom is -0.291 e. The van der Waals surface area contributed by atoms with Crippen LogP contribution in [0.3, 0.4) is 0 Å². The quantitative estimate of drug-likeness (QED) is 0.298. The highest BCUT2D eigenvalue weighted by atomic mass is 17.5. The van der Waals surface area contributed by atoms with E-state index in [1.807, 2.05) is 6.07 Å². The fraction of sp³-hybridized carbons (Fsp3) is 0.222. The van der Waals surface area contributed by atoms with Gasteiger partial charge in [-0.3, -0.25) is 4.79 Å². The Morgan fingerprint density at radius 3 is 2.62 bits per heavy atom. The van der Waals surface area contributed by atoms with Gasteiger partial charge < -0.3 is 0 Å². The average Bonchev–Trinajstić information content (AvgIpc) is 2.19. The summed E-state index contributed by atoms with van der Waals surface area (Å²) in [7, 11) is 1.30. The van der Waals surface area contributed by atoms with E-state index in [-0.39, 0.29) is 12.4 Å². The Labute approximate surface area is 75.9 Å². The van der Waals surface area contributed by atoms with Crippen LogP contribution in [0, 0.1) is 0 Å². The maximum absolute atomic E-state index is 11.3. The van der Waals surface area contributed by atoms with Crippen molar-refractivity contribution >= 4 is 5.78 Å². The topological polar surface area (TPSA) is 44.8 Å². The average molecular weight is 182 g/mol. The van der Waals surface area contributed by atoms with Gasteiger partial charge in [0.05, 0.1) is 7.11 Å². The van der Waals surface area contributed by atoms with Gasteiger partial charge in [-0.25, -0.2) is 4.89 Å². The first-order valence-corrected chi connectivity index (χ1v) is 3.75. The Bertz CT molecular complexity index is 258. The standard InChI is InChI=1S/C9H10O4/c1-11-13-12-7-9(10)8-5-3-2-4-6-8/h2-6H,7H2,1H3. The third-order valence-electron chi connectivity index (χ3n) is 1.40. The van der Waals surface area contributed by atoms with E-state index in [2.05, 4.69) is 14.8 Å². The Balaban J connectivity index is 2.40. The molecule has 13 heavy (non-hydrogen) atoms. The Morgan fingerprint density at radius 2 is 2.00 bits per heavy atom. The molecule has 0 heterocycles. The zero-order valence-electron chi connectivity index (χ0n) is 7.23. The molecule has 0 amide bonds. The van der Waals surface area contributed by atoms with Gasteiger partial charge in [0.25, 0.3) is 0 Å². The molecule has 4 nitrogen and oxygen atoms in total. The normalized spacial score (nSPS) is 9.92. The van der Waals surface area contributed by atoms with Crippen LogP contribution in [0.4, 0.5) is 0 Å². The molecule has 0 N–H and O–H groups in total. The summed E-state index contributed by atoms with van der Waals surface area (Å²) < 4.78 is 0. The largest absolute Gasteiger partial charge is 0.291 e. The predicted molar refractivity (Wildman–Crippen MR) is 44.8 cm³/mol. The number of hydrogen-bond donors (Lipinski definition) is 0. The predicted octanol–water partition coefficient (Wildman–Crippen LogP) is 1.38. The van der Waals surface area contributed by atoms with Gasteiger partial charge in [0, 0.05) is 5.56 Å². The lowest BCUT2D eigenvalue weighted by Gasteiger charge is -1.99. The number of ketones is 1. The highest BCUT2D eigenvalue weighted by molar-refractivity contribution is 5.96. The molecule has 1 aromatic carbocycles. The highest BCUT2D eigenvalue weighted by Gasteiger charge is 2.04. The first-order chi connectivity index (χ1) is 6.34. The molecular weight excluding hydrogens is 172 g/mol. The number of Topliss-reactive ketones (excluding diaryl/α,β-unsaturated/α-hetero) is 1. The molecule has 0 aromatic heterocycles. The number of hydrogen-bond acceptors (Lipinski definition) is 4. The fourth-order valence-electron chi connectivity index (χ4n) is 0.833. The molecule has 4 heteroatoms. The summed E-state index contributed by atoms with van der Waals surface area (Å²) in [6, 6.07) is 8.81. The highest BCUT2D eigenvalue weighted by Crippen LogP contribution is 1.99. The molecule has 0 aliphatic rings. The van der Waals surface area contributed by atoms with Crippen molar-refractivity contribution in [3.8, 4) is 0 Å². The van der Waals surface area contributed by atoms with Crippen LogP contribution in [0.2, 0.25) is 0 Å². The first-order valence-electron chi connectivity index (χ1n) is 3.75. The summed E-state index contributed by atoms with van der Waals surface area (Å²) in [5.41, 5.74) is 0.585. The van der Waals surface area contributed by atoms with Crippen LogP contribution >= 0.6 is 0 Å². The fourth-order valence-corrected chi connectivity index (χ4v) is 0.833. The van der Waals surface area contributed by atoms with Gasteiger partial charge >= 0.3 is 0 Å². The molecule has 0 saturated heterocycles. The summed E-state index contributed by atoms with van der Waals surface area (Å²) in [6.45, 7) is -0.155. The van der Waals surface area contributed by atoms with Gasteiger partial charge in [-0.2, -0.15) is 4.89 Å². The first kappa shape index (κ1) is 9.85. The van der Waals surface area contributed by atoms with E-state index in [1.165, 1.54) is 7.11 Å². The Morgan fingerprint density at radius 1 is 1.31 bits per heavy atom. The number of carbonyl (C=O) groups is 1. The number of benzene rings is 1. The van der Waals surface area contributed by atoms with Crippen molar-refractivity contribution in [3.05, 3.63) is 35.9 Å². The number of carbonyl (C=O) groups excluding carboxylic acids is 1. The van der Waals surface area contributed by atoms with Crippen molar-refractivity contribution in [2.75, 3.05) is 13.7 Å². The van der Waals surface area contributed by atoms with E-state index >= 15 is 0 Å². The minimum absolute atomic E-state index is 0.155. The second-order valence-corrected chi connectivity index (χ2v) is 2.29. The van der Waals surface area contributed by atoms with Crippen molar-refractivity contribution in [3.63, 3.8) is 0 Å². The molecule has 70 valence electrons. The second kappa shape index (κ2) is 5.42. The van der Waals surface area contributed by atoms with E-state index in [1.54, 1.807) is 24.3 Å². The van der Waals surface area contributed by atoms with Gasteiger partial charge in [0.15, 0.2) is 5.78 Å². The van der Waals surface area contributed by atoms with Crippen molar-refractivity contribution in [2.24, 2.45) is 0 Å². The van der Waals surface area contributed by atoms with Crippen LogP contribution in [-0.4, -0.2) is 19.5 Å². The summed E-state index contributed by atoms with van der Waals surface area (Å²) in [5.74, 6) is -0.155. The van der Waals surface area contributed by atoms with Crippen LogP contribution in [0.1, 0.15) is 10.4 Å². The molecule has 0 aliphatic heterocycles.